The van der Waals surface area contributed by atoms with Crippen molar-refractivity contribution in [2.24, 2.45) is 11.8 Å². The fourth-order valence-electron chi connectivity index (χ4n) is 4.09. The van der Waals surface area contributed by atoms with E-state index in [1.54, 1.807) is 24.3 Å². The van der Waals surface area contributed by atoms with Gasteiger partial charge in [-0.3, -0.25) is 19.3 Å². The van der Waals surface area contributed by atoms with Gasteiger partial charge in [-0.15, -0.1) is 0 Å². The largest absolute Gasteiger partial charge is 0.339 e. The van der Waals surface area contributed by atoms with Crippen LogP contribution in [0.1, 0.15) is 42.5 Å². The quantitative estimate of drug-likeness (QED) is 0.615. The van der Waals surface area contributed by atoms with Gasteiger partial charge in [0.1, 0.15) is 0 Å². The molecule has 2 atom stereocenters. The van der Waals surface area contributed by atoms with E-state index in [0.29, 0.717) is 24.1 Å². The van der Waals surface area contributed by atoms with Crippen LogP contribution < -0.4 is 4.90 Å². The molecular formula is C20H22N2O3. The molecule has 0 radical (unpaired) electrons. The molecular weight excluding hydrogens is 316 g/mol. The van der Waals surface area contributed by atoms with Crippen molar-refractivity contribution < 1.29 is 14.4 Å². The van der Waals surface area contributed by atoms with Crippen LogP contribution in [0, 0.1) is 11.8 Å². The van der Waals surface area contributed by atoms with Gasteiger partial charge in [0, 0.05) is 18.7 Å². The Hall–Kier alpha value is -2.43. The summed E-state index contributed by atoms with van der Waals surface area (Å²) < 4.78 is 0. The van der Waals surface area contributed by atoms with E-state index in [0.717, 1.165) is 25.9 Å². The number of nitrogens with zero attached hydrogens (tertiary/aromatic N) is 2. The molecule has 2 aliphatic heterocycles. The third-order valence-corrected chi connectivity index (χ3v) is 5.52. The fraction of sp³-hybridized carbons (Fsp3) is 0.450. The Balaban J connectivity index is 1.53. The van der Waals surface area contributed by atoms with Gasteiger partial charge in [-0.2, -0.15) is 0 Å². The van der Waals surface area contributed by atoms with Gasteiger partial charge in [-0.25, -0.2) is 0 Å². The Labute approximate surface area is 147 Å². The van der Waals surface area contributed by atoms with Gasteiger partial charge in [0.25, 0.3) is 5.91 Å². The van der Waals surface area contributed by atoms with Crippen LogP contribution in [-0.4, -0.2) is 35.7 Å². The van der Waals surface area contributed by atoms with Gasteiger partial charge >= 0.3 is 0 Å². The van der Waals surface area contributed by atoms with Crippen molar-refractivity contribution in [3.05, 3.63) is 42.0 Å². The average Bonchev–Trinajstić information content (AvgIpc) is 2.93. The smallest absolute Gasteiger partial charge is 0.253 e. The van der Waals surface area contributed by atoms with Crippen molar-refractivity contribution in [2.45, 2.75) is 32.1 Å². The average molecular weight is 338 g/mol. The van der Waals surface area contributed by atoms with Crippen molar-refractivity contribution in [1.82, 2.24) is 4.90 Å². The maximum atomic E-state index is 12.6. The number of rotatable bonds is 2. The lowest BCUT2D eigenvalue weighted by atomic mass is 9.85. The monoisotopic (exact) mass is 338 g/mol. The van der Waals surface area contributed by atoms with Gasteiger partial charge in [0.15, 0.2) is 0 Å². The Morgan fingerprint density at radius 2 is 1.40 bits per heavy atom. The van der Waals surface area contributed by atoms with Crippen LogP contribution in [0.15, 0.2) is 36.4 Å². The molecule has 2 fully saturated rings. The molecule has 0 saturated carbocycles. The molecule has 1 aliphatic carbocycles. The maximum absolute atomic E-state index is 12.6. The Morgan fingerprint density at radius 1 is 0.840 bits per heavy atom. The number of allylic oxidation sites excluding steroid dienone is 2. The van der Waals surface area contributed by atoms with Crippen molar-refractivity contribution >= 4 is 23.4 Å². The minimum Gasteiger partial charge on any atom is -0.339 e. The molecule has 0 spiro atoms. The lowest BCUT2D eigenvalue weighted by Crippen LogP contribution is -2.35. The number of hydrogen-bond acceptors (Lipinski definition) is 3. The summed E-state index contributed by atoms with van der Waals surface area (Å²) in [4.78, 5) is 40.9. The second-order valence-corrected chi connectivity index (χ2v) is 7.07. The first kappa shape index (κ1) is 16.1. The van der Waals surface area contributed by atoms with Crippen molar-refractivity contribution in [2.75, 3.05) is 18.0 Å². The first-order valence-corrected chi connectivity index (χ1v) is 9.09. The molecule has 1 aromatic carbocycles. The number of imide groups is 1. The molecule has 5 nitrogen and oxygen atoms in total. The van der Waals surface area contributed by atoms with Gasteiger partial charge < -0.3 is 4.90 Å². The van der Waals surface area contributed by atoms with Crippen LogP contribution in [0.5, 0.6) is 0 Å². The molecule has 2 heterocycles. The minimum atomic E-state index is -0.229. The highest BCUT2D eigenvalue weighted by atomic mass is 16.2. The fourth-order valence-corrected chi connectivity index (χ4v) is 4.09. The second kappa shape index (κ2) is 6.47. The Kier molecular flexibility index (Phi) is 4.15. The number of hydrogen-bond donors (Lipinski definition) is 0. The summed E-state index contributed by atoms with van der Waals surface area (Å²) in [5.41, 5.74) is 1.18. The molecule has 3 aliphatic rings. The second-order valence-electron chi connectivity index (χ2n) is 7.07. The lowest BCUT2D eigenvalue weighted by molar-refractivity contribution is -0.122. The van der Waals surface area contributed by atoms with E-state index < -0.39 is 0 Å². The number of carbonyl (C=O) groups excluding carboxylic acids is 3. The van der Waals surface area contributed by atoms with Crippen LogP contribution in [-0.2, 0) is 9.59 Å². The van der Waals surface area contributed by atoms with E-state index in [4.69, 9.17) is 0 Å². The normalized spacial score (nSPS) is 26.1. The molecule has 0 bridgehead atoms. The number of fused-ring (bicyclic) bond motifs is 1. The predicted octanol–water partition coefficient (Wildman–Crippen LogP) is 2.77. The number of likely N-dealkylation sites (tertiary alicyclic amines) is 1. The first-order valence-electron chi connectivity index (χ1n) is 9.09. The van der Waals surface area contributed by atoms with E-state index in [-0.39, 0.29) is 29.6 Å². The third kappa shape index (κ3) is 2.77. The van der Waals surface area contributed by atoms with Crippen molar-refractivity contribution in [3.8, 4) is 0 Å². The lowest BCUT2D eigenvalue weighted by Gasteiger charge is -2.26. The van der Waals surface area contributed by atoms with Crippen molar-refractivity contribution in [1.29, 1.82) is 0 Å². The summed E-state index contributed by atoms with van der Waals surface area (Å²) in [6.45, 7) is 1.61. The van der Waals surface area contributed by atoms with Gasteiger partial charge in [0.05, 0.1) is 17.5 Å². The molecule has 25 heavy (non-hydrogen) atoms. The summed E-state index contributed by atoms with van der Waals surface area (Å²) in [6.07, 6.45) is 8.52. The summed E-state index contributed by atoms with van der Waals surface area (Å²) in [5, 5.41) is 0. The molecule has 3 amide bonds. The van der Waals surface area contributed by atoms with Crippen molar-refractivity contribution in [3.63, 3.8) is 0 Å². The number of piperidine rings is 1. The van der Waals surface area contributed by atoms with E-state index in [2.05, 4.69) is 0 Å². The van der Waals surface area contributed by atoms with E-state index >= 15 is 0 Å². The number of benzene rings is 1. The summed E-state index contributed by atoms with van der Waals surface area (Å²) >= 11 is 0. The number of anilines is 1. The zero-order valence-electron chi connectivity index (χ0n) is 14.2. The van der Waals surface area contributed by atoms with Crippen LogP contribution in [0.3, 0.4) is 0 Å². The molecule has 1 aromatic rings. The highest BCUT2D eigenvalue weighted by Gasteiger charge is 2.47. The highest BCUT2D eigenvalue weighted by Crippen LogP contribution is 2.37. The van der Waals surface area contributed by atoms with Crippen LogP contribution in [0.2, 0.25) is 0 Å². The molecule has 0 unspecified atom stereocenters. The summed E-state index contributed by atoms with van der Waals surface area (Å²) in [7, 11) is 0. The first-order chi connectivity index (χ1) is 12.2. The molecule has 0 N–H and O–H groups in total. The summed E-state index contributed by atoms with van der Waals surface area (Å²) in [6, 6.07) is 6.90. The Bertz CT molecular complexity index is 706. The zero-order chi connectivity index (χ0) is 17.4. The standard InChI is InChI=1S/C20H22N2O3/c23-18(21-12-4-1-5-13-21)14-8-10-15(11-9-14)22-19(24)16-6-2-3-7-17(16)20(22)25/h2-3,8-11,16-17H,1,4-7,12-13H2/t16-,17+. The molecule has 4 rings (SSSR count). The van der Waals surface area contributed by atoms with Gasteiger partial charge in [-0.1, -0.05) is 12.2 Å². The topological polar surface area (TPSA) is 57.7 Å². The van der Waals surface area contributed by atoms with E-state index in [9.17, 15) is 14.4 Å². The van der Waals surface area contributed by atoms with Gasteiger partial charge in [0.2, 0.25) is 11.8 Å². The predicted molar refractivity (Wildman–Crippen MR) is 94.0 cm³/mol. The molecule has 5 heteroatoms. The van der Waals surface area contributed by atoms with Crippen LogP contribution >= 0.6 is 0 Å². The number of carbonyl (C=O) groups is 3. The van der Waals surface area contributed by atoms with Gasteiger partial charge in [-0.05, 0) is 56.4 Å². The maximum Gasteiger partial charge on any atom is 0.253 e. The van der Waals surface area contributed by atoms with Crippen LogP contribution in [0.25, 0.3) is 0 Å². The Morgan fingerprint density at radius 3 is 1.96 bits per heavy atom. The third-order valence-electron chi connectivity index (χ3n) is 5.52. The molecule has 0 aromatic heterocycles. The van der Waals surface area contributed by atoms with E-state index in [1.807, 2.05) is 17.1 Å². The minimum absolute atomic E-state index is 0.0307. The SMILES string of the molecule is O=C(c1ccc(N2C(=O)[C@H]3CC=CC[C@H]3C2=O)cc1)N1CCCCC1. The number of amides is 3. The zero-order valence-corrected chi connectivity index (χ0v) is 14.2. The highest BCUT2D eigenvalue weighted by molar-refractivity contribution is 6.22. The molecule has 2 saturated heterocycles. The van der Waals surface area contributed by atoms with Crippen LogP contribution in [0.4, 0.5) is 5.69 Å². The van der Waals surface area contributed by atoms with E-state index in [1.165, 1.54) is 11.3 Å². The molecule has 130 valence electrons. The summed E-state index contributed by atoms with van der Waals surface area (Å²) in [5.74, 6) is -0.661.